The van der Waals surface area contributed by atoms with Crippen molar-refractivity contribution in [3.63, 3.8) is 0 Å². The van der Waals surface area contributed by atoms with Gasteiger partial charge in [-0.25, -0.2) is 9.67 Å². The van der Waals surface area contributed by atoms with Crippen LogP contribution in [0.25, 0.3) is 11.0 Å². The lowest BCUT2D eigenvalue weighted by Gasteiger charge is -2.31. The summed E-state index contributed by atoms with van der Waals surface area (Å²) in [6, 6.07) is 4.66. The van der Waals surface area contributed by atoms with Crippen molar-refractivity contribution in [1.82, 2.24) is 25.0 Å². The van der Waals surface area contributed by atoms with E-state index in [4.69, 9.17) is 4.98 Å². The van der Waals surface area contributed by atoms with Crippen LogP contribution in [0.4, 0.5) is 5.82 Å². The van der Waals surface area contributed by atoms with Gasteiger partial charge in [0.2, 0.25) is 0 Å². The molecule has 1 saturated heterocycles. The molecule has 2 aromatic heterocycles. The first-order valence-corrected chi connectivity index (χ1v) is 10.6. The van der Waals surface area contributed by atoms with Crippen LogP contribution in [0.1, 0.15) is 62.9 Å². The van der Waals surface area contributed by atoms with Crippen molar-refractivity contribution in [3.8, 4) is 0 Å². The van der Waals surface area contributed by atoms with Gasteiger partial charge in [-0.3, -0.25) is 4.79 Å². The molecule has 0 aliphatic carbocycles. The largest absolute Gasteiger partial charge is 0.367 e. The Bertz CT molecular complexity index is 790. The van der Waals surface area contributed by atoms with Crippen LogP contribution >= 0.6 is 0 Å². The van der Waals surface area contributed by atoms with E-state index in [0.717, 1.165) is 68.5 Å². The van der Waals surface area contributed by atoms with E-state index in [0.29, 0.717) is 11.7 Å². The molecule has 3 heterocycles. The van der Waals surface area contributed by atoms with Crippen molar-refractivity contribution >= 4 is 22.8 Å². The Morgan fingerprint density at radius 1 is 1.29 bits per heavy atom. The van der Waals surface area contributed by atoms with Gasteiger partial charge in [-0.1, -0.05) is 26.7 Å². The van der Waals surface area contributed by atoms with E-state index >= 15 is 0 Å². The van der Waals surface area contributed by atoms with E-state index in [9.17, 15) is 4.79 Å². The third kappa shape index (κ3) is 4.46. The highest BCUT2D eigenvalue weighted by Gasteiger charge is 2.26. The topological polar surface area (TPSA) is 75.1 Å². The lowest BCUT2D eigenvalue weighted by molar-refractivity contribution is 0.0698. The minimum atomic E-state index is -0.0187. The Morgan fingerprint density at radius 2 is 1.96 bits per heavy atom. The first-order valence-electron chi connectivity index (χ1n) is 10.6. The summed E-state index contributed by atoms with van der Waals surface area (Å²) in [4.78, 5) is 19.7. The zero-order valence-electron chi connectivity index (χ0n) is 17.7. The summed E-state index contributed by atoms with van der Waals surface area (Å²) in [6.45, 7) is 6.33. The summed E-state index contributed by atoms with van der Waals surface area (Å²) in [5.41, 5.74) is 1.25. The molecule has 3 rings (SSSR count). The zero-order valence-corrected chi connectivity index (χ0v) is 17.7. The highest BCUT2D eigenvalue weighted by molar-refractivity contribution is 6.04. The van der Waals surface area contributed by atoms with Crippen LogP contribution in [0.2, 0.25) is 0 Å². The molecular weight excluding hydrogens is 352 g/mol. The first-order chi connectivity index (χ1) is 13.5. The number of rotatable bonds is 8. The van der Waals surface area contributed by atoms with Crippen LogP contribution in [-0.2, 0) is 7.05 Å². The lowest BCUT2D eigenvalue weighted by atomic mass is 10.0. The third-order valence-electron chi connectivity index (χ3n) is 5.69. The summed E-state index contributed by atoms with van der Waals surface area (Å²) in [7, 11) is 3.75. The van der Waals surface area contributed by atoms with E-state index in [1.807, 2.05) is 31.1 Å². The molecule has 1 aliphatic rings. The molecule has 0 radical (unpaired) electrons. The summed E-state index contributed by atoms with van der Waals surface area (Å²) >= 11 is 0. The number of pyridine rings is 1. The molecule has 1 aliphatic heterocycles. The standard InChI is InChI=1S/C21H34N6O/c1-5-7-15(8-6-2)23-18-10-9-17-19(25-27(4)20(17)24-18)21(28)26(3)16-11-13-22-14-12-16/h9-10,15-16,22H,5-8,11-14H2,1-4H3,(H,23,24). The second-order valence-corrected chi connectivity index (χ2v) is 7.86. The maximum Gasteiger partial charge on any atom is 0.275 e. The van der Waals surface area contributed by atoms with Gasteiger partial charge in [0.15, 0.2) is 11.3 Å². The number of nitrogens with one attached hydrogen (secondary N) is 2. The van der Waals surface area contributed by atoms with E-state index < -0.39 is 0 Å². The summed E-state index contributed by atoms with van der Waals surface area (Å²) < 4.78 is 1.72. The van der Waals surface area contributed by atoms with Crippen molar-refractivity contribution in [2.24, 2.45) is 7.05 Å². The minimum absolute atomic E-state index is 0.0187. The monoisotopic (exact) mass is 386 g/mol. The average molecular weight is 387 g/mol. The van der Waals surface area contributed by atoms with Gasteiger partial charge < -0.3 is 15.5 Å². The molecule has 0 atom stereocenters. The van der Waals surface area contributed by atoms with E-state index in [1.165, 1.54) is 0 Å². The summed E-state index contributed by atoms with van der Waals surface area (Å²) in [5, 5.41) is 12.2. The van der Waals surface area contributed by atoms with Crippen LogP contribution in [0.3, 0.4) is 0 Å². The van der Waals surface area contributed by atoms with E-state index in [2.05, 4.69) is 29.6 Å². The van der Waals surface area contributed by atoms with E-state index in [1.54, 1.807) is 4.68 Å². The molecule has 0 unspecified atom stereocenters. The van der Waals surface area contributed by atoms with Gasteiger partial charge in [-0.05, 0) is 50.9 Å². The lowest BCUT2D eigenvalue weighted by Crippen LogP contribution is -2.44. The van der Waals surface area contributed by atoms with E-state index in [-0.39, 0.29) is 11.9 Å². The number of piperidine rings is 1. The molecule has 154 valence electrons. The van der Waals surface area contributed by atoms with Crippen molar-refractivity contribution < 1.29 is 4.79 Å². The number of anilines is 1. The van der Waals surface area contributed by atoms with Crippen molar-refractivity contribution in [2.75, 3.05) is 25.5 Å². The molecule has 2 N–H and O–H groups in total. The molecule has 7 nitrogen and oxygen atoms in total. The average Bonchev–Trinajstić information content (AvgIpc) is 3.04. The fourth-order valence-electron chi connectivity index (χ4n) is 4.09. The van der Waals surface area contributed by atoms with Gasteiger partial charge >= 0.3 is 0 Å². The second kappa shape index (κ2) is 9.37. The first kappa shape index (κ1) is 20.6. The highest BCUT2D eigenvalue weighted by atomic mass is 16.2. The summed E-state index contributed by atoms with van der Waals surface area (Å²) in [5.74, 6) is 0.836. The predicted octanol–water partition coefficient (Wildman–Crippen LogP) is 3.17. The fourth-order valence-corrected chi connectivity index (χ4v) is 4.09. The molecule has 1 fully saturated rings. The quantitative estimate of drug-likeness (QED) is 0.729. The number of hydrogen-bond donors (Lipinski definition) is 2. The normalized spacial score (nSPS) is 15.3. The fraction of sp³-hybridized carbons (Fsp3) is 0.667. The molecular formula is C21H34N6O. The Hall–Kier alpha value is -2.15. The Morgan fingerprint density at radius 3 is 2.61 bits per heavy atom. The molecule has 0 aromatic carbocycles. The van der Waals surface area contributed by atoms with Gasteiger partial charge in [0.05, 0.1) is 5.39 Å². The molecule has 7 heteroatoms. The molecule has 0 saturated carbocycles. The van der Waals surface area contributed by atoms with Crippen LogP contribution in [0.15, 0.2) is 12.1 Å². The number of amides is 1. The Labute approximate surface area is 167 Å². The van der Waals surface area contributed by atoms with Crippen molar-refractivity contribution in [3.05, 3.63) is 17.8 Å². The zero-order chi connectivity index (χ0) is 20.1. The number of carbonyl (C=O) groups excluding carboxylic acids is 1. The Kier molecular flexibility index (Phi) is 6.88. The van der Waals surface area contributed by atoms with Gasteiger partial charge in [0, 0.05) is 26.2 Å². The summed E-state index contributed by atoms with van der Waals surface area (Å²) in [6.07, 6.45) is 6.51. The number of carbonyl (C=O) groups is 1. The molecule has 2 aromatic rings. The number of nitrogens with zero attached hydrogens (tertiary/aromatic N) is 4. The number of aromatic nitrogens is 3. The third-order valence-corrected chi connectivity index (χ3v) is 5.69. The number of aryl methyl sites for hydroxylation is 1. The molecule has 1 amide bonds. The smallest absolute Gasteiger partial charge is 0.275 e. The molecule has 28 heavy (non-hydrogen) atoms. The highest BCUT2D eigenvalue weighted by Crippen LogP contribution is 2.23. The van der Waals surface area contributed by atoms with Crippen LogP contribution in [0, 0.1) is 0 Å². The predicted molar refractivity (Wildman–Crippen MR) is 114 cm³/mol. The Balaban J connectivity index is 1.82. The minimum Gasteiger partial charge on any atom is -0.367 e. The van der Waals surface area contributed by atoms with Gasteiger partial charge in [-0.15, -0.1) is 0 Å². The molecule has 0 bridgehead atoms. The van der Waals surface area contributed by atoms with Gasteiger partial charge in [-0.2, -0.15) is 5.10 Å². The number of fused-ring (bicyclic) bond motifs is 1. The van der Waals surface area contributed by atoms with Gasteiger partial charge in [0.1, 0.15) is 5.82 Å². The maximum absolute atomic E-state index is 13.1. The van der Waals surface area contributed by atoms with Crippen LogP contribution < -0.4 is 10.6 Å². The second-order valence-electron chi connectivity index (χ2n) is 7.86. The maximum atomic E-state index is 13.1. The van der Waals surface area contributed by atoms with Gasteiger partial charge in [0.25, 0.3) is 5.91 Å². The van der Waals surface area contributed by atoms with Crippen molar-refractivity contribution in [2.45, 2.75) is 64.5 Å². The SMILES string of the molecule is CCCC(CCC)Nc1ccc2c(C(=O)N(C)C3CCNCC3)nn(C)c2n1. The number of hydrogen-bond acceptors (Lipinski definition) is 5. The van der Waals surface area contributed by atoms with Crippen LogP contribution in [0.5, 0.6) is 0 Å². The van der Waals surface area contributed by atoms with Crippen molar-refractivity contribution in [1.29, 1.82) is 0 Å². The molecule has 0 spiro atoms. The van der Waals surface area contributed by atoms with Crippen LogP contribution in [-0.4, -0.2) is 57.8 Å².